The van der Waals surface area contributed by atoms with Crippen LogP contribution in [0.25, 0.3) is 0 Å². The van der Waals surface area contributed by atoms with Crippen molar-refractivity contribution in [3.63, 3.8) is 0 Å². The number of hydrogen-bond donors (Lipinski definition) is 1. The Morgan fingerprint density at radius 1 is 1.09 bits per heavy atom. The van der Waals surface area contributed by atoms with Gasteiger partial charge in [-0.25, -0.2) is 13.1 Å². The molecule has 0 unspecified atom stereocenters. The molecule has 1 aromatic heterocycles. The second-order valence-electron chi connectivity index (χ2n) is 6.01. The smallest absolute Gasteiger partial charge is 0.241 e. The first-order valence-corrected chi connectivity index (χ1v) is 9.37. The number of aromatic nitrogens is 2. The molecule has 1 heterocycles. The van der Waals surface area contributed by atoms with Crippen LogP contribution < -0.4 is 4.72 Å². The van der Waals surface area contributed by atoms with Gasteiger partial charge in [-0.1, -0.05) is 6.07 Å². The van der Waals surface area contributed by atoms with Gasteiger partial charge < -0.3 is 0 Å². The Balaban J connectivity index is 1.86. The fraction of sp³-hybridized carbons (Fsp3) is 0.412. The average Bonchev–Trinajstić information content (AvgIpc) is 2.54. The third kappa shape index (κ3) is 3.43. The monoisotopic (exact) mass is 331 g/mol. The van der Waals surface area contributed by atoms with Gasteiger partial charge in [0.05, 0.1) is 22.3 Å². The van der Waals surface area contributed by atoms with Gasteiger partial charge in [0.1, 0.15) is 0 Å². The summed E-state index contributed by atoms with van der Waals surface area (Å²) in [5, 5.41) is 0. The fourth-order valence-electron chi connectivity index (χ4n) is 3.08. The topological polar surface area (TPSA) is 72.0 Å². The van der Waals surface area contributed by atoms with E-state index in [-0.39, 0.29) is 0 Å². The molecule has 0 amide bonds. The SMILES string of the molecule is Cc1nccnc1[C@@H](C)NS(=O)(=O)c1ccc2c(c1)CCCC2. The minimum absolute atomic E-state index is 0.326. The van der Waals surface area contributed by atoms with Crippen molar-refractivity contribution in [2.24, 2.45) is 0 Å². The van der Waals surface area contributed by atoms with E-state index in [4.69, 9.17) is 0 Å². The molecule has 6 heteroatoms. The highest BCUT2D eigenvalue weighted by atomic mass is 32.2. The van der Waals surface area contributed by atoms with Crippen molar-refractivity contribution < 1.29 is 8.42 Å². The summed E-state index contributed by atoms with van der Waals surface area (Å²) in [6.45, 7) is 3.61. The van der Waals surface area contributed by atoms with Gasteiger partial charge >= 0.3 is 0 Å². The molecule has 122 valence electrons. The number of fused-ring (bicyclic) bond motifs is 1. The van der Waals surface area contributed by atoms with Crippen LogP contribution in [0, 0.1) is 6.92 Å². The second-order valence-corrected chi connectivity index (χ2v) is 7.72. The number of hydrogen-bond acceptors (Lipinski definition) is 4. The molecule has 1 N–H and O–H groups in total. The quantitative estimate of drug-likeness (QED) is 0.935. The van der Waals surface area contributed by atoms with Crippen molar-refractivity contribution in [1.29, 1.82) is 0 Å². The Hall–Kier alpha value is -1.79. The van der Waals surface area contributed by atoms with Crippen LogP contribution in [0.2, 0.25) is 0 Å². The van der Waals surface area contributed by atoms with E-state index in [0.717, 1.165) is 30.5 Å². The van der Waals surface area contributed by atoms with Crippen LogP contribution in [0.3, 0.4) is 0 Å². The zero-order chi connectivity index (χ0) is 16.4. The van der Waals surface area contributed by atoms with E-state index >= 15 is 0 Å². The van der Waals surface area contributed by atoms with Gasteiger partial charge in [-0.15, -0.1) is 0 Å². The summed E-state index contributed by atoms with van der Waals surface area (Å²) in [6, 6.07) is 5.03. The standard InChI is InChI=1S/C17H21N3O2S/c1-12-17(19-10-9-18-12)13(2)20-23(21,22)16-8-7-14-5-3-4-6-15(14)11-16/h7-11,13,20H,3-6H2,1-2H3/t13-/m1/s1. The number of nitrogens with zero attached hydrogens (tertiary/aromatic N) is 2. The van der Waals surface area contributed by atoms with Crippen LogP contribution in [0.15, 0.2) is 35.5 Å². The van der Waals surface area contributed by atoms with E-state index in [9.17, 15) is 8.42 Å². The largest absolute Gasteiger partial charge is 0.258 e. The number of benzene rings is 1. The maximum absolute atomic E-state index is 12.7. The summed E-state index contributed by atoms with van der Waals surface area (Å²) in [5.74, 6) is 0. The van der Waals surface area contributed by atoms with Gasteiger partial charge in [-0.2, -0.15) is 0 Å². The van der Waals surface area contributed by atoms with Gasteiger partial charge in [-0.05, 0) is 62.8 Å². The molecular weight excluding hydrogens is 310 g/mol. The van der Waals surface area contributed by atoms with Gasteiger partial charge in [-0.3, -0.25) is 9.97 Å². The lowest BCUT2D eigenvalue weighted by molar-refractivity contribution is 0.562. The first kappa shape index (κ1) is 16.1. The molecule has 1 aliphatic rings. The molecule has 0 saturated heterocycles. The van der Waals surface area contributed by atoms with Gasteiger partial charge in [0.2, 0.25) is 10.0 Å². The number of rotatable bonds is 4. The maximum Gasteiger partial charge on any atom is 0.241 e. The summed E-state index contributed by atoms with van der Waals surface area (Å²) < 4.78 is 28.0. The van der Waals surface area contributed by atoms with Crippen molar-refractivity contribution in [1.82, 2.24) is 14.7 Å². The van der Waals surface area contributed by atoms with Gasteiger partial charge in [0, 0.05) is 12.4 Å². The first-order chi connectivity index (χ1) is 11.0. The lowest BCUT2D eigenvalue weighted by Crippen LogP contribution is -2.28. The lowest BCUT2D eigenvalue weighted by atomic mass is 9.92. The zero-order valence-corrected chi connectivity index (χ0v) is 14.2. The van der Waals surface area contributed by atoms with Crippen LogP contribution >= 0.6 is 0 Å². The van der Waals surface area contributed by atoms with Crippen molar-refractivity contribution in [3.8, 4) is 0 Å². The molecule has 0 radical (unpaired) electrons. The molecule has 5 nitrogen and oxygen atoms in total. The second kappa shape index (κ2) is 6.37. The Morgan fingerprint density at radius 2 is 1.78 bits per heavy atom. The van der Waals surface area contributed by atoms with Crippen molar-refractivity contribution in [3.05, 3.63) is 53.1 Å². The third-order valence-electron chi connectivity index (χ3n) is 4.29. The van der Waals surface area contributed by atoms with E-state index in [1.807, 2.05) is 19.1 Å². The summed E-state index contributed by atoms with van der Waals surface area (Å²) in [6.07, 6.45) is 7.48. The molecule has 0 bridgehead atoms. The highest BCUT2D eigenvalue weighted by Crippen LogP contribution is 2.25. The highest BCUT2D eigenvalue weighted by molar-refractivity contribution is 7.89. The highest BCUT2D eigenvalue weighted by Gasteiger charge is 2.22. The molecule has 0 fully saturated rings. The van der Waals surface area contributed by atoms with Gasteiger partial charge in [0.15, 0.2) is 0 Å². The van der Waals surface area contributed by atoms with Crippen LogP contribution in [-0.2, 0) is 22.9 Å². The van der Waals surface area contributed by atoms with Crippen molar-refractivity contribution in [2.45, 2.75) is 50.5 Å². The van der Waals surface area contributed by atoms with E-state index in [2.05, 4.69) is 14.7 Å². The van der Waals surface area contributed by atoms with Crippen LogP contribution in [-0.4, -0.2) is 18.4 Å². The predicted octanol–water partition coefficient (Wildman–Crippen LogP) is 2.70. The molecule has 23 heavy (non-hydrogen) atoms. The van der Waals surface area contributed by atoms with E-state index in [0.29, 0.717) is 10.6 Å². The van der Waals surface area contributed by atoms with E-state index in [1.54, 1.807) is 25.4 Å². The number of nitrogens with one attached hydrogen (secondary N) is 1. The normalized spacial score (nSPS) is 15.9. The number of aryl methyl sites for hydroxylation is 3. The molecule has 0 spiro atoms. The molecule has 1 aromatic carbocycles. The molecule has 0 aliphatic heterocycles. The minimum Gasteiger partial charge on any atom is -0.258 e. The van der Waals surface area contributed by atoms with Crippen molar-refractivity contribution in [2.75, 3.05) is 0 Å². The molecule has 2 aromatic rings. The summed E-state index contributed by atoms with van der Waals surface area (Å²) >= 11 is 0. The zero-order valence-electron chi connectivity index (χ0n) is 13.4. The Labute approximate surface area is 137 Å². The summed E-state index contributed by atoms with van der Waals surface area (Å²) in [5.41, 5.74) is 3.80. The molecule has 1 aliphatic carbocycles. The van der Waals surface area contributed by atoms with Crippen LogP contribution in [0.4, 0.5) is 0 Å². The van der Waals surface area contributed by atoms with Crippen LogP contribution in [0.1, 0.15) is 48.3 Å². The van der Waals surface area contributed by atoms with E-state index in [1.165, 1.54) is 12.0 Å². The molecule has 3 rings (SSSR count). The predicted molar refractivity (Wildman–Crippen MR) is 88.6 cm³/mol. The lowest BCUT2D eigenvalue weighted by Gasteiger charge is -2.18. The van der Waals surface area contributed by atoms with Gasteiger partial charge in [0.25, 0.3) is 0 Å². The minimum atomic E-state index is -3.58. The third-order valence-corrected chi connectivity index (χ3v) is 5.83. The molecule has 0 saturated carbocycles. The van der Waals surface area contributed by atoms with Crippen LogP contribution in [0.5, 0.6) is 0 Å². The summed E-state index contributed by atoms with van der Waals surface area (Å²) in [4.78, 5) is 8.73. The molecular formula is C17H21N3O2S. The molecule has 1 atom stereocenters. The Morgan fingerprint density at radius 3 is 2.52 bits per heavy atom. The van der Waals surface area contributed by atoms with Crippen molar-refractivity contribution >= 4 is 10.0 Å². The average molecular weight is 331 g/mol. The summed E-state index contributed by atoms with van der Waals surface area (Å²) in [7, 11) is -3.58. The van der Waals surface area contributed by atoms with E-state index < -0.39 is 16.1 Å². The Bertz CT molecular complexity index is 818. The Kier molecular flexibility index (Phi) is 4.46. The fourth-order valence-corrected chi connectivity index (χ4v) is 4.33. The first-order valence-electron chi connectivity index (χ1n) is 7.89. The number of sulfonamides is 1. The maximum atomic E-state index is 12.7.